The Bertz CT molecular complexity index is 796. The van der Waals surface area contributed by atoms with Gasteiger partial charge in [-0.3, -0.25) is 4.79 Å². The molecular weight excluding hydrogens is 472 g/mol. The number of aliphatic hydroxyl groups excluding tert-OH is 1. The van der Waals surface area contributed by atoms with E-state index in [-0.39, 0.29) is 4.90 Å². The highest BCUT2D eigenvalue weighted by atomic mass is 32.2. The van der Waals surface area contributed by atoms with Gasteiger partial charge in [-0.15, -0.1) is 0 Å². The molecule has 1 rings (SSSR count). The van der Waals surface area contributed by atoms with Crippen LogP contribution in [0.5, 0.6) is 0 Å². The van der Waals surface area contributed by atoms with Gasteiger partial charge in [0.2, 0.25) is 10.0 Å². The number of amides is 1. The summed E-state index contributed by atoms with van der Waals surface area (Å²) in [6.45, 7) is 6.12. The van der Waals surface area contributed by atoms with E-state index in [1.165, 1.54) is 103 Å². The molecule has 2 atom stereocenters. The lowest BCUT2D eigenvalue weighted by Gasteiger charge is -2.20. The Kier molecular flexibility index (Phi) is 17.8. The highest BCUT2D eigenvalue weighted by Crippen LogP contribution is 2.14. The van der Waals surface area contributed by atoms with Crippen molar-refractivity contribution in [3.8, 4) is 0 Å². The molecule has 7 heteroatoms. The first kappa shape index (κ1) is 32.6. The lowest BCUT2D eigenvalue weighted by Crippen LogP contribution is -2.49. The van der Waals surface area contributed by atoms with Crippen molar-refractivity contribution in [3.63, 3.8) is 0 Å². The molecule has 36 heavy (non-hydrogen) atoms. The number of hydrogen-bond acceptors (Lipinski definition) is 4. The minimum atomic E-state index is -3.80. The molecule has 1 aromatic carbocycles. The Hall–Kier alpha value is -1.44. The van der Waals surface area contributed by atoms with Gasteiger partial charge in [-0.05, 0) is 32.4 Å². The van der Waals surface area contributed by atoms with Crippen molar-refractivity contribution in [3.05, 3.63) is 29.8 Å². The maximum Gasteiger partial charge on any atom is 0.250 e. The van der Waals surface area contributed by atoms with Crippen molar-refractivity contribution in [2.45, 2.75) is 141 Å². The molecule has 0 saturated carbocycles. The average Bonchev–Trinajstić information content (AvgIpc) is 2.85. The number of carbonyl (C=O) groups excluding carboxylic acids is 1. The van der Waals surface area contributed by atoms with Crippen LogP contribution in [0, 0.1) is 6.92 Å². The van der Waals surface area contributed by atoms with Gasteiger partial charge in [0.15, 0.2) is 0 Å². The van der Waals surface area contributed by atoms with Crippen LogP contribution in [-0.4, -0.2) is 38.1 Å². The lowest BCUT2D eigenvalue weighted by atomic mass is 10.0. The summed E-state index contributed by atoms with van der Waals surface area (Å²) in [6, 6.07) is 5.50. The molecule has 0 saturated heterocycles. The molecule has 0 aliphatic heterocycles. The van der Waals surface area contributed by atoms with Gasteiger partial charge in [-0.1, -0.05) is 121 Å². The standard InChI is InChI=1S/C29H52N2O4S/c1-4-5-6-7-8-9-10-11-12-13-14-15-16-17-18-19-24-30-29(33)28(32)26(3)31-36(34,35)27-22-20-25(2)21-23-27/h20-23,26,28,31-32H,4-19,24H2,1-3H3,(H,30,33)/t26-,28+/m0/s1. The van der Waals surface area contributed by atoms with Crippen LogP contribution in [0.25, 0.3) is 0 Å². The number of carbonyl (C=O) groups is 1. The number of aryl methyl sites for hydroxylation is 1. The van der Waals surface area contributed by atoms with Gasteiger partial charge in [0.1, 0.15) is 6.10 Å². The molecule has 0 unspecified atom stereocenters. The van der Waals surface area contributed by atoms with Crippen LogP contribution in [0.1, 0.15) is 122 Å². The van der Waals surface area contributed by atoms with Gasteiger partial charge >= 0.3 is 0 Å². The van der Waals surface area contributed by atoms with E-state index in [4.69, 9.17) is 0 Å². The fourth-order valence-corrected chi connectivity index (χ4v) is 5.56. The van der Waals surface area contributed by atoms with Gasteiger partial charge in [0.25, 0.3) is 5.91 Å². The normalized spacial score (nSPS) is 13.4. The van der Waals surface area contributed by atoms with E-state index >= 15 is 0 Å². The molecule has 1 amide bonds. The third-order valence-corrected chi connectivity index (χ3v) is 8.32. The molecule has 3 N–H and O–H groups in total. The zero-order valence-corrected chi connectivity index (χ0v) is 23.9. The molecule has 0 aliphatic carbocycles. The van der Waals surface area contributed by atoms with E-state index in [1.54, 1.807) is 12.1 Å². The largest absolute Gasteiger partial charge is 0.382 e. The number of hydrogen-bond donors (Lipinski definition) is 3. The quantitative estimate of drug-likeness (QED) is 0.153. The van der Waals surface area contributed by atoms with Crippen molar-refractivity contribution < 1.29 is 18.3 Å². The molecule has 0 bridgehead atoms. The Labute approximate surface area is 221 Å². The SMILES string of the molecule is CCCCCCCCCCCCCCCCCCNC(=O)[C@H](O)[C@H](C)NS(=O)(=O)c1ccc(C)cc1. The second-order valence-corrected chi connectivity index (χ2v) is 12.0. The van der Waals surface area contributed by atoms with E-state index in [1.807, 2.05) is 6.92 Å². The van der Waals surface area contributed by atoms with Crippen LogP contribution in [0.3, 0.4) is 0 Å². The molecular formula is C29H52N2O4S. The monoisotopic (exact) mass is 524 g/mol. The highest BCUT2D eigenvalue weighted by Gasteiger charge is 2.27. The van der Waals surface area contributed by atoms with Gasteiger partial charge in [0, 0.05) is 6.54 Å². The molecule has 0 aromatic heterocycles. The van der Waals surface area contributed by atoms with Crippen LogP contribution < -0.4 is 10.0 Å². The smallest absolute Gasteiger partial charge is 0.250 e. The van der Waals surface area contributed by atoms with Gasteiger partial charge in [0.05, 0.1) is 10.9 Å². The van der Waals surface area contributed by atoms with Crippen LogP contribution >= 0.6 is 0 Å². The second-order valence-electron chi connectivity index (χ2n) is 10.3. The first-order valence-electron chi connectivity index (χ1n) is 14.3. The van der Waals surface area contributed by atoms with Gasteiger partial charge < -0.3 is 10.4 Å². The van der Waals surface area contributed by atoms with Gasteiger partial charge in [-0.2, -0.15) is 0 Å². The van der Waals surface area contributed by atoms with E-state index in [0.29, 0.717) is 6.54 Å². The fourth-order valence-electron chi connectivity index (χ4n) is 4.31. The topological polar surface area (TPSA) is 95.5 Å². The number of aliphatic hydroxyl groups is 1. The zero-order chi connectivity index (χ0) is 26.7. The van der Waals surface area contributed by atoms with Crippen molar-refractivity contribution in [1.82, 2.24) is 10.0 Å². The van der Waals surface area contributed by atoms with E-state index in [0.717, 1.165) is 24.8 Å². The summed E-state index contributed by atoms with van der Waals surface area (Å²) in [5.74, 6) is -0.546. The van der Waals surface area contributed by atoms with Crippen molar-refractivity contribution in [2.75, 3.05) is 6.54 Å². The summed E-state index contributed by atoms with van der Waals surface area (Å²) < 4.78 is 27.3. The minimum absolute atomic E-state index is 0.112. The fraction of sp³-hybridized carbons (Fsp3) is 0.759. The maximum absolute atomic E-state index is 12.5. The average molecular weight is 525 g/mol. The predicted octanol–water partition coefficient (Wildman–Crippen LogP) is 6.40. The molecule has 0 heterocycles. The third kappa shape index (κ3) is 15.0. The molecule has 0 spiro atoms. The first-order chi connectivity index (χ1) is 17.3. The zero-order valence-electron chi connectivity index (χ0n) is 23.1. The van der Waals surface area contributed by atoms with Crippen molar-refractivity contribution >= 4 is 15.9 Å². The van der Waals surface area contributed by atoms with Crippen LogP contribution in [0.4, 0.5) is 0 Å². The van der Waals surface area contributed by atoms with Crippen LogP contribution in [-0.2, 0) is 14.8 Å². The Morgan fingerprint density at radius 2 is 1.19 bits per heavy atom. The third-order valence-electron chi connectivity index (χ3n) is 6.74. The van der Waals surface area contributed by atoms with E-state index in [9.17, 15) is 18.3 Å². The molecule has 0 radical (unpaired) electrons. The number of nitrogens with one attached hydrogen (secondary N) is 2. The second kappa shape index (κ2) is 19.6. The molecule has 0 aliphatic rings. The lowest BCUT2D eigenvalue weighted by molar-refractivity contribution is -0.130. The molecule has 208 valence electrons. The Morgan fingerprint density at radius 3 is 1.64 bits per heavy atom. The number of rotatable bonds is 22. The van der Waals surface area contributed by atoms with E-state index in [2.05, 4.69) is 17.0 Å². The van der Waals surface area contributed by atoms with Crippen molar-refractivity contribution in [1.29, 1.82) is 0 Å². The Balaban J connectivity index is 2.01. The molecule has 1 aromatic rings. The summed E-state index contributed by atoms with van der Waals surface area (Å²) >= 11 is 0. The maximum atomic E-state index is 12.5. The minimum Gasteiger partial charge on any atom is -0.382 e. The number of unbranched alkanes of at least 4 members (excludes halogenated alkanes) is 15. The summed E-state index contributed by atoms with van der Waals surface area (Å²) in [4.78, 5) is 12.3. The number of benzene rings is 1. The summed E-state index contributed by atoms with van der Waals surface area (Å²) in [6.07, 6.45) is 19.3. The molecule has 0 fully saturated rings. The predicted molar refractivity (Wildman–Crippen MR) is 150 cm³/mol. The summed E-state index contributed by atoms with van der Waals surface area (Å²) in [5.41, 5.74) is 0.954. The summed E-state index contributed by atoms with van der Waals surface area (Å²) in [5, 5.41) is 13.0. The first-order valence-corrected chi connectivity index (χ1v) is 15.8. The van der Waals surface area contributed by atoms with Crippen LogP contribution in [0.15, 0.2) is 29.2 Å². The van der Waals surface area contributed by atoms with E-state index < -0.39 is 28.1 Å². The number of sulfonamides is 1. The van der Waals surface area contributed by atoms with Crippen molar-refractivity contribution in [2.24, 2.45) is 0 Å². The summed E-state index contributed by atoms with van der Waals surface area (Å²) in [7, 11) is -3.80. The Morgan fingerprint density at radius 1 is 0.778 bits per heavy atom. The van der Waals surface area contributed by atoms with Gasteiger partial charge in [-0.25, -0.2) is 13.1 Å². The van der Waals surface area contributed by atoms with Crippen LogP contribution in [0.2, 0.25) is 0 Å². The molecule has 6 nitrogen and oxygen atoms in total. The highest BCUT2D eigenvalue weighted by molar-refractivity contribution is 7.89.